The Balaban J connectivity index is 1.57. The van der Waals surface area contributed by atoms with Gasteiger partial charge in [-0.1, -0.05) is 53.7 Å². The number of benzene rings is 3. The Labute approximate surface area is 223 Å². The molecule has 8 nitrogen and oxygen atoms in total. The number of rotatable bonds is 7. The van der Waals surface area contributed by atoms with Crippen molar-refractivity contribution in [3.05, 3.63) is 110 Å². The lowest BCUT2D eigenvalue weighted by Gasteiger charge is -2.19. The van der Waals surface area contributed by atoms with Crippen LogP contribution in [0, 0.1) is 10.1 Å². The van der Waals surface area contributed by atoms with Crippen molar-refractivity contribution in [2.24, 2.45) is 0 Å². The number of hydrogen-bond donors (Lipinski definition) is 1. The summed E-state index contributed by atoms with van der Waals surface area (Å²) in [5.74, 6) is -0.0920. The van der Waals surface area contributed by atoms with E-state index in [0.717, 1.165) is 16.7 Å². The Hall–Kier alpha value is -3.86. The molecule has 1 N–H and O–H groups in total. The van der Waals surface area contributed by atoms with Gasteiger partial charge in [0.1, 0.15) is 0 Å². The topological polar surface area (TPSA) is 125 Å². The van der Waals surface area contributed by atoms with Gasteiger partial charge < -0.3 is 10.1 Å². The van der Waals surface area contributed by atoms with Gasteiger partial charge in [-0.2, -0.15) is 0 Å². The van der Waals surface area contributed by atoms with Crippen LogP contribution in [0.3, 0.4) is 0 Å². The van der Waals surface area contributed by atoms with E-state index in [1.807, 2.05) is 42.5 Å². The van der Waals surface area contributed by atoms with Gasteiger partial charge in [0, 0.05) is 55.6 Å². The van der Waals surface area contributed by atoms with Gasteiger partial charge in [-0.05, 0) is 35.9 Å². The molecule has 0 spiro atoms. The fourth-order valence-electron chi connectivity index (χ4n) is 3.70. The van der Waals surface area contributed by atoms with Crippen LogP contribution in [0.4, 0.5) is 5.69 Å². The first-order valence-corrected chi connectivity index (χ1v) is 13.1. The lowest BCUT2D eigenvalue weighted by molar-refractivity contribution is -0.384. The highest BCUT2D eigenvalue weighted by atomic mass is 35.5. The average molecular weight is 548 g/mol. The van der Waals surface area contributed by atoms with Crippen molar-refractivity contribution < 1.29 is 10.0 Å². The Morgan fingerprint density at radius 2 is 1.73 bits per heavy atom. The molecule has 0 atom stereocenters. The normalized spacial score (nSPS) is 11.1. The minimum absolute atomic E-state index is 0.117. The van der Waals surface area contributed by atoms with Crippen molar-refractivity contribution in [1.82, 2.24) is 15.0 Å². The fourth-order valence-corrected chi connectivity index (χ4v) is 5.59. The minimum atomic E-state index is -0.520. The molecule has 0 aliphatic heterocycles. The molecule has 0 saturated heterocycles. The molecule has 0 saturated carbocycles. The summed E-state index contributed by atoms with van der Waals surface area (Å²) in [6.07, 6.45) is 0. The van der Waals surface area contributed by atoms with Crippen molar-refractivity contribution >= 4 is 51.7 Å². The molecule has 11 heteroatoms. The van der Waals surface area contributed by atoms with E-state index in [-0.39, 0.29) is 21.3 Å². The van der Waals surface area contributed by atoms with Crippen LogP contribution in [-0.4, -0.2) is 19.9 Å². The summed E-state index contributed by atoms with van der Waals surface area (Å²) in [6.45, 7) is 0. The zero-order valence-electron chi connectivity index (χ0n) is 18.9. The SMILES string of the molecule is O=c1cc(CSc2ccc(Cl)cc2)nc(Sc2c([O-])nc3ccc([N+](=O)[O-])cc3c2-c2ccccc2)[nH]1. The van der Waals surface area contributed by atoms with Gasteiger partial charge in [0.15, 0.2) is 5.16 Å². The van der Waals surface area contributed by atoms with Gasteiger partial charge in [0.05, 0.1) is 16.1 Å². The van der Waals surface area contributed by atoms with E-state index in [0.29, 0.717) is 38.5 Å². The zero-order valence-corrected chi connectivity index (χ0v) is 21.3. The zero-order chi connectivity index (χ0) is 25.9. The van der Waals surface area contributed by atoms with E-state index in [2.05, 4.69) is 15.0 Å². The molecule has 2 heterocycles. The van der Waals surface area contributed by atoms with Crippen LogP contribution in [-0.2, 0) is 5.75 Å². The Kier molecular flexibility index (Phi) is 7.13. The number of nitro groups is 1. The molecule has 0 radical (unpaired) electrons. The maximum Gasteiger partial charge on any atom is 0.270 e. The second kappa shape index (κ2) is 10.6. The largest absolute Gasteiger partial charge is 0.858 e. The average Bonchev–Trinajstić information content (AvgIpc) is 2.89. The summed E-state index contributed by atoms with van der Waals surface area (Å²) in [5.41, 5.74) is 1.58. The summed E-state index contributed by atoms with van der Waals surface area (Å²) < 4.78 is 0. The Bertz CT molecular complexity index is 1680. The summed E-state index contributed by atoms with van der Waals surface area (Å²) >= 11 is 8.42. The third kappa shape index (κ3) is 5.61. The van der Waals surface area contributed by atoms with E-state index in [4.69, 9.17) is 11.6 Å². The summed E-state index contributed by atoms with van der Waals surface area (Å²) in [5, 5.41) is 25.9. The quantitative estimate of drug-likeness (QED) is 0.113. The first-order valence-electron chi connectivity index (χ1n) is 10.9. The maximum absolute atomic E-state index is 13.2. The summed E-state index contributed by atoms with van der Waals surface area (Å²) in [6, 6.07) is 22.0. The van der Waals surface area contributed by atoms with Crippen molar-refractivity contribution in [3.63, 3.8) is 0 Å². The van der Waals surface area contributed by atoms with Gasteiger partial charge in [-0.25, -0.2) is 4.98 Å². The first kappa shape index (κ1) is 24.8. The van der Waals surface area contributed by atoms with Crippen molar-refractivity contribution in [1.29, 1.82) is 0 Å². The van der Waals surface area contributed by atoms with Gasteiger partial charge in [-0.3, -0.25) is 19.9 Å². The van der Waals surface area contributed by atoms with Gasteiger partial charge in [0.25, 0.3) is 11.2 Å². The van der Waals surface area contributed by atoms with E-state index < -0.39 is 10.8 Å². The highest BCUT2D eigenvalue weighted by Crippen LogP contribution is 2.43. The number of fused-ring (bicyclic) bond motifs is 1. The number of H-pyrrole nitrogens is 1. The maximum atomic E-state index is 13.2. The van der Waals surface area contributed by atoms with Gasteiger partial charge >= 0.3 is 0 Å². The molecule has 0 unspecified atom stereocenters. The standard InChI is InChI=1S/C26H17ClN4O4S2/c27-16-6-9-19(10-7-16)36-14-17-12-22(32)30-26(28-17)37-24-23(15-4-2-1-3-5-15)20-13-18(31(34)35)8-11-21(20)29-25(24)33/h1-13H,14H2,(H,29,33)(H,28,30,32)/p-1. The van der Waals surface area contributed by atoms with Crippen LogP contribution in [0.2, 0.25) is 5.02 Å². The lowest BCUT2D eigenvalue weighted by Crippen LogP contribution is -2.10. The molecular formula is C26H16ClN4O4S2-. The highest BCUT2D eigenvalue weighted by Gasteiger charge is 2.18. The van der Waals surface area contributed by atoms with Crippen LogP contribution in [0.1, 0.15) is 5.69 Å². The van der Waals surface area contributed by atoms with E-state index >= 15 is 0 Å². The number of nitrogens with zero attached hydrogens (tertiary/aromatic N) is 3. The van der Waals surface area contributed by atoms with Crippen molar-refractivity contribution in [2.45, 2.75) is 20.7 Å². The predicted molar refractivity (Wildman–Crippen MR) is 143 cm³/mol. The number of nitrogens with one attached hydrogen (secondary N) is 1. The number of aromatic amines is 1. The molecular weight excluding hydrogens is 532 g/mol. The smallest absolute Gasteiger partial charge is 0.270 e. The van der Waals surface area contributed by atoms with E-state index in [1.165, 1.54) is 36.0 Å². The minimum Gasteiger partial charge on any atom is -0.858 e. The number of nitro benzene ring substituents is 1. The number of non-ortho nitro benzene ring substituents is 1. The number of halogens is 1. The molecule has 0 amide bonds. The number of hydrogen-bond acceptors (Lipinski definition) is 8. The number of pyridine rings is 1. The third-order valence-electron chi connectivity index (χ3n) is 5.34. The molecule has 2 aromatic heterocycles. The molecule has 0 aliphatic carbocycles. The van der Waals surface area contributed by atoms with Gasteiger partial charge in [-0.15, -0.1) is 11.8 Å². The van der Waals surface area contributed by atoms with Gasteiger partial charge in [0.2, 0.25) is 0 Å². The Morgan fingerprint density at radius 1 is 0.973 bits per heavy atom. The van der Waals surface area contributed by atoms with Crippen LogP contribution >= 0.6 is 35.1 Å². The number of aromatic nitrogens is 3. The van der Waals surface area contributed by atoms with Crippen molar-refractivity contribution in [2.75, 3.05) is 0 Å². The van der Waals surface area contributed by atoms with Crippen molar-refractivity contribution in [3.8, 4) is 17.0 Å². The second-order valence-electron chi connectivity index (χ2n) is 7.83. The van der Waals surface area contributed by atoms with Crippen LogP contribution in [0.5, 0.6) is 5.88 Å². The summed E-state index contributed by atoms with van der Waals surface area (Å²) in [4.78, 5) is 35.9. The second-order valence-corrected chi connectivity index (χ2v) is 10.3. The molecule has 0 aliphatic rings. The monoisotopic (exact) mass is 547 g/mol. The fraction of sp³-hybridized carbons (Fsp3) is 0.0385. The molecule has 3 aromatic carbocycles. The molecule has 5 aromatic rings. The van der Waals surface area contributed by atoms with E-state index in [9.17, 15) is 20.0 Å². The third-order valence-corrected chi connectivity index (χ3v) is 7.61. The first-order chi connectivity index (χ1) is 17.9. The predicted octanol–water partition coefficient (Wildman–Crippen LogP) is 6.06. The Morgan fingerprint density at radius 3 is 2.46 bits per heavy atom. The highest BCUT2D eigenvalue weighted by molar-refractivity contribution is 7.99. The molecule has 184 valence electrons. The van der Waals surface area contributed by atoms with Crippen LogP contribution < -0.4 is 10.7 Å². The molecule has 37 heavy (non-hydrogen) atoms. The molecule has 0 bridgehead atoms. The van der Waals surface area contributed by atoms with Crippen LogP contribution in [0.15, 0.2) is 98.6 Å². The molecule has 5 rings (SSSR count). The van der Waals surface area contributed by atoms with E-state index in [1.54, 1.807) is 12.1 Å². The lowest BCUT2D eigenvalue weighted by atomic mass is 10.0. The van der Waals surface area contributed by atoms with Crippen LogP contribution in [0.25, 0.3) is 22.0 Å². The summed E-state index contributed by atoms with van der Waals surface area (Å²) in [7, 11) is 0. The number of thioether (sulfide) groups is 1. The molecule has 0 fully saturated rings.